The molecule has 1 aliphatic heterocycles. The van der Waals surface area contributed by atoms with Crippen LogP contribution in [0.2, 0.25) is 0 Å². The van der Waals surface area contributed by atoms with E-state index in [0.717, 1.165) is 42.0 Å². The SMILES string of the molecule is CC(C)Cc1ncc2c(n1)CN(C(=O)c1cc(C3CC3)no1)C2. The summed E-state index contributed by atoms with van der Waals surface area (Å²) in [6, 6.07) is 1.79. The van der Waals surface area contributed by atoms with Crippen molar-refractivity contribution >= 4 is 5.91 Å². The number of nitrogens with zero attached hydrogens (tertiary/aromatic N) is 4. The first-order valence-electron chi connectivity index (χ1n) is 8.19. The minimum Gasteiger partial charge on any atom is -0.351 e. The van der Waals surface area contributed by atoms with Gasteiger partial charge in [-0.3, -0.25) is 4.79 Å². The summed E-state index contributed by atoms with van der Waals surface area (Å²) >= 11 is 0. The Balaban J connectivity index is 1.49. The Kier molecular flexibility index (Phi) is 3.39. The maximum Gasteiger partial charge on any atom is 0.293 e. The van der Waals surface area contributed by atoms with Crippen molar-refractivity contribution in [2.45, 2.75) is 52.1 Å². The summed E-state index contributed by atoms with van der Waals surface area (Å²) in [5.74, 6) is 2.06. The number of hydrogen-bond donors (Lipinski definition) is 0. The molecule has 6 heteroatoms. The van der Waals surface area contributed by atoms with Gasteiger partial charge >= 0.3 is 0 Å². The van der Waals surface area contributed by atoms with Crippen LogP contribution in [0.25, 0.3) is 0 Å². The van der Waals surface area contributed by atoms with Crippen molar-refractivity contribution in [1.29, 1.82) is 0 Å². The van der Waals surface area contributed by atoms with Crippen molar-refractivity contribution in [3.63, 3.8) is 0 Å². The van der Waals surface area contributed by atoms with E-state index < -0.39 is 0 Å². The molecule has 1 saturated carbocycles. The topological polar surface area (TPSA) is 72.1 Å². The van der Waals surface area contributed by atoms with Gasteiger partial charge in [-0.1, -0.05) is 19.0 Å². The van der Waals surface area contributed by atoms with Crippen molar-refractivity contribution in [3.8, 4) is 0 Å². The standard InChI is InChI=1S/C17H20N4O2/c1-10(2)5-16-18-7-12-8-21(9-14(12)19-16)17(22)15-6-13(20-23-15)11-3-4-11/h6-7,10-11H,3-5,8-9H2,1-2H3. The molecular weight excluding hydrogens is 292 g/mol. The third-order valence-corrected chi connectivity index (χ3v) is 4.32. The monoisotopic (exact) mass is 312 g/mol. The third-order valence-electron chi connectivity index (χ3n) is 4.32. The lowest BCUT2D eigenvalue weighted by atomic mass is 10.1. The average molecular weight is 312 g/mol. The van der Waals surface area contributed by atoms with Crippen LogP contribution in [0, 0.1) is 5.92 Å². The molecule has 1 amide bonds. The maximum absolute atomic E-state index is 12.6. The summed E-state index contributed by atoms with van der Waals surface area (Å²) in [5, 5.41) is 4.02. The van der Waals surface area contributed by atoms with Crippen LogP contribution < -0.4 is 0 Å². The predicted octanol–water partition coefficient (Wildman–Crippen LogP) is 2.70. The number of fused-ring (bicyclic) bond motifs is 1. The minimum atomic E-state index is -0.118. The molecule has 120 valence electrons. The Labute approximate surface area is 134 Å². The first kappa shape index (κ1) is 14.4. The van der Waals surface area contributed by atoms with Gasteiger partial charge in [0.1, 0.15) is 5.82 Å². The van der Waals surface area contributed by atoms with Gasteiger partial charge in [-0.25, -0.2) is 9.97 Å². The smallest absolute Gasteiger partial charge is 0.293 e. The molecule has 2 aromatic heterocycles. The molecule has 3 heterocycles. The molecule has 0 N–H and O–H groups in total. The van der Waals surface area contributed by atoms with Crippen molar-refractivity contribution in [2.75, 3.05) is 0 Å². The largest absolute Gasteiger partial charge is 0.351 e. The second-order valence-corrected chi connectivity index (χ2v) is 6.91. The first-order chi connectivity index (χ1) is 11.1. The van der Waals surface area contributed by atoms with Crippen LogP contribution in [0.5, 0.6) is 0 Å². The summed E-state index contributed by atoms with van der Waals surface area (Å²) < 4.78 is 5.24. The molecular formula is C17H20N4O2. The third kappa shape index (κ3) is 2.85. The zero-order valence-electron chi connectivity index (χ0n) is 13.5. The lowest BCUT2D eigenvalue weighted by molar-refractivity contribution is 0.0708. The van der Waals surface area contributed by atoms with Crippen LogP contribution in [0.4, 0.5) is 0 Å². The van der Waals surface area contributed by atoms with Crippen LogP contribution in [0.3, 0.4) is 0 Å². The van der Waals surface area contributed by atoms with E-state index in [0.29, 0.717) is 30.7 Å². The van der Waals surface area contributed by atoms with E-state index >= 15 is 0 Å². The molecule has 0 unspecified atom stereocenters. The zero-order valence-corrected chi connectivity index (χ0v) is 13.5. The number of carbonyl (C=O) groups is 1. The number of hydrogen-bond acceptors (Lipinski definition) is 5. The van der Waals surface area contributed by atoms with Gasteiger partial charge in [0, 0.05) is 36.7 Å². The van der Waals surface area contributed by atoms with E-state index in [1.807, 2.05) is 6.20 Å². The van der Waals surface area contributed by atoms with E-state index in [-0.39, 0.29) is 5.91 Å². The highest BCUT2D eigenvalue weighted by Crippen LogP contribution is 2.39. The van der Waals surface area contributed by atoms with E-state index in [9.17, 15) is 4.79 Å². The van der Waals surface area contributed by atoms with Crippen LogP contribution in [0.1, 0.15) is 65.9 Å². The Hall–Kier alpha value is -2.24. The number of amides is 1. The average Bonchev–Trinajstić information content (AvgIpc) is 3.10. The lowest BCUT2D eigenvalue weighted by Crippen LogP contribution is -2.24. The van der Waals surface area contributed by atoms with Crippen molar-refractivity contribution in [1.82, 2.24) is 20.0 Å². The van der Waals surface area contributed by atoms with Crippen LogP contribution in [0.15, 0.2) is 16.8 Å². The molecule has 0 bridgehead atoms. The summed E-state index contributed by atoms with van der Waals surface area (Å²) in [4.78, 5) is 23.3. The molecule has 1 fully saturated rings. The Bertz CT molecular complexity index is 749. The molecule has 0 radical (unpaired) electrons. The van der Waals surface area contributed by atoms with E-state index in [1.54, 1.807) is 11.0 Å². The van der Waals surface area contributed by atoms with E-state index in [4.69, 9.17) is 4.52 Å². The number of carbonyl (C=O) groups excluding carboxylic acids is 1. The van der Waals surface area contributed by atoms with Crippen LogP contribution in [-0.4, -0.2) is 25.9 Å². The summed E-state index contributed by atoms with van der Waals surface area (Å²) in [7, 11) is 0. The summed E-state index contributed by atoms with van der Waals surface area (Å²) in [6.07, 6.45) is 4.99. The van der Waals surface area contributed by atoms with Gasteiger partial charge in [0.15, 0.2) is 0 Å². The molecule has 2 aliphatic rings. The highest BCUT2D eigenvalue weighted by Gasteiger charge is 2.31. The van der Waals surface area contributed by atoms with E-state index in [1.165, 1.54) is 0 Å². The molecule has 0 saturated heterocycles. The fraction of sp³-hybridized carbons (Fsp3) is 0.529. The van der Waals surface area contributed by atoms with Crippen molar-refractivity contribution in [3.05, 3.63) is 40.8 Å². The molecule has 4 rings (SSSR count). The zero-order chi connectivity index (χ0) is 16.0. The van der Waals surface area contributed by atoms with Gasteiger partial charge in [-0.05, 0) is 18.8 Å². The van der Waals surface area contributed by atoms with Gasteiger partial charge < -0.3 is 9.42 Å². The molecule has 0 atom stereocenters. The second-order valence-electron chi connectivity index (χ2n) is 6.91. The van der Waals surface area contributed by atoms with Gasteiger partial charge in [0.2, 0.25) is 5.76 Å². The summed E-state index contributed by atoms with van der Waals surface area (Å²) in [5.41, 5.74) is 2.88. The molecule has 0 spiro atoms. The molecule has 1 aliphatic carbocycles. The van der Waals surface area contributed by atoms with Gasteiger partial charge in [0.25, 0.3) is 5.91 Å². The predicted molar refractivity (Wildman–Crippen MR) is 82.6 cm³/mol. The maximum atomic E-state index is 12.6. The Morgan fingerprint density at radius 1 is 1.39 bits per heavy atom. The highest BCUT2D eigenvalue weighted by atomic mass is 16.5. The highest BCUT2D eigenvalue weighted by molar-refractivity contribution is 5.91. The molecule has 6 nitrogen and oxygen atoms in total. The van der Waals surface area contributed by atoms with Crippen molar-refractivity contribution < 1.29 is 9.32 Å². The normalized spacial score (nSPS) is 16.9. The van der Waals surface area contributed by atoms with Crippen LogP contribution in [-0.2, 0) is 19.5 Å². The minimum absolute atomic E-state index is 0.118. The van der Waals surface area contributed by atoms with Gasteiger partial charge in [0.05, 0.1) is 17.9 Å². The summed E-state index contributed by atoms with van der Waals surface area (Å²) in [6.45, 7) is 5.35. The molecule has 23 heavy (non-hydrogen) atoms. The van der Waals surface area contributed by atoms with Gasteiger partial charge in [-0.2, -0.15) is 0 Å². The first-order valence-corrected chi connectivity index (χ1v) is 8.19. The quantitative estimate of drug-likeness (QED) is 0.868. The number of rotatable bonds is 4. The fourth-order valence-corrected chi connectivity index (χ4v) is 2.92. The fourth-order valence-electron chi connectivity index (χ4n) is 2.92. The number of aromatic nitrogens is 3. The molecule has 2 aromatic rings. The molecule has 0 aromatic carbocycles. The van der Waals surface area contributed by atoms with Crippen LogP contribution >= 0.6 is 0 Å². The Morgan fingerprint density at radius 3 is 2.96 bits per heavy atom. The van der Waals surface area contributed by atoms with Gasteiger partial charge in [-0.15, -0.1) is 0 Å². The second kappa shape index (κ2) is 5.44. The van der Waals surface area contributed by atoms with E-state index in [2.05, 4.69) is 29.0 Å². The Morgan fingerprint density at radius 2 is 2.22 bits per heavy atom. The van der Waals surface area contributed by atoms with Crippen molar-refractivity contribution in [2.24, 2.45) is 5.92 Å². The lowest BCUT2D eigenvalue weighted by Gasteiger charge is -2.12.